The lowest BCUT2D eigenvalue weighted by molar-refractivity contribution is -0.223. The molecule has 120 valence electrons. The van der Waals surface area contributed by atoms with Gasteiger partial charge in [0.25, 0.3) is 0 Å². The lowest BCUT2D eigenvalue weighted by Crippen LogP contribution is -2.68. The normalized spacial score (nSPS) is 60.7. The molecule has 0 aromatic heterocycles. The summed E-state index contributed by atoms with van der Waals surface area (Å²) in [5, 5.41) is 21.9. The number of carbonyl (C=O) groups is 2. The lowest BCUT2D eigenvalue weighted by atomic mass is 9.52. The fourth-order valence-electron chi connectivity index (χ4n) is 5.83. The molecule has 7 nitrogen and oxygen atoms in total. The van der Waals surface area contributed by atoms with E-state index in [-0.39, 0.29) is 6.42 Å². The average Bonchev–Trinajstić information content (AvgIpc) is 2.85. The third-order valence-corrected chi connectivity index (χ3v) is 6.85. The zero-order valence-corrected chi connectivity index (χ0v) is 12.5. The standard InChI is InChI=1S/C15H18O7/c1-12(2,18)6-7-10(16)20-8(6)9-13(3)14(7,19)4-5-15(13,22-5)11(17)21-9/h5-9,18-19H,4H2,1-3H3/t5-,6-,7+,8+,9-,13-,14-,15?/m1/s1. The molecule has 5 rings (SSSR count). The van der Waals surface area contributed by atoms with Gasteiger partial charge in [-0.05, 0) is 20.8 Å². The summed E-state index contributed by atoms with van der Waals surface area (Å²) in [6.45, 7) is 4.92. The maximum atomic E-state index is 12.4. The van der Waals surface area contributed by atoms with E-state index in [1.165, 1.54) is 0 Å². The van der Waals surface area contributed by atoms with Gasteiger partial charge in [-0.1, -0.05) is 0 Å². The molecule has 22 heavy (non-hydrogen) atoms. The van der Waals surface area contributed by atoms with Gasteiger partial charge in [0.2, 0.25) is 5.60 Å². The average molecular weight is 310 g/mol. The SMILES string of the molecule is CC(C)(O)[C@H]1[C@@H]2OC(=O)[C@H]1[C@]1(O)C[C@H]3OC34C(=O)O[C@H]2[C@@]41C. The Morgan fingerprint density at radius 2 is 1.95 bits per heavy atom. The van der Waals surface area contributed by atoms with E-state index >= 15 is 0 Å². The molecule has 7 heteroatoms. The number of epoxide rings is 1. The van der Waals surface area contributed by atoms with Crippen molar-refractivity contribution in [3.63, 3.8) is 0 Å². The predicted octanol–water partition coefficient (Wildman–Crippen LogP) is -0.867. The van der Waals surface area contributed by atoms with E-state index in [0.29, 0.717) is 0 Å². The van der Waals surface area contributed by atoms with Crippen molar-refractivity contribution in [1.82, 2.24) is 0 Å². The highest BCUT2D eigenvalue weighted by Gasteiger charge is 2.95. The monoisotopic (exact) mass is 310 g/mol. The molecule has 3 aliphatic heterocycles. The summed E-state index contributed by atoms with van der Waals surface area (Å²) in [6, 6.07) is 0. The molecule has 2 N–H and O–H groups in total. The first-order chi connectivity index (χ1) is 10.1. The molecule has 5 fully saturated rings. The van der Waals surface area contributed by atoms with Crippen molar-refractivity contribution < 1.29 is 34.0 Å². The fraction of sp³-hybridized carbons (Fsp3) is 0.867. The summed E-state index contributed by atoms with van der Waals surface area (Å²) < 4.78 is 16.5. The number of ether oxygens (including phenoxy) is 3. The first kappa shape index (κ1) is 13.3. The number of rotatable bonds is 1. The summed E-state index contributed by atoms with van der Waals surface area (Å²) in [5.74, 6) is -2.51. The van der Waals surface area contributed by atoms with E-state index in [4.69, 9.17) is 14.2 Å². The van der Waals surface area contributed by atoms with Crippen molar-refractivity contribution in [2.24, 2.45) is 17.3 Å². The molecule has 0 amide bonds. The third kappa shape index (κ3) is 0.962. The molecular weight excluding hydrogens is 292 g/mol. The van der Waals surface area contributed by atoms with Gasteiger partial charge in [0, 0.05) is 12.3 Å². The van der Waals surface area contributed by atoms with Crippen LogP contribution in [0.1, 0.15) is 27.2 Å². The van der Waals surface area contributed by atoms with E-state index in [0.717, 1.165) is 0 Å². The molecule has 3 heterocycles. The maximum absolute atomic E-state index is 12.4. The van der Waals surface area contributed by atoms with E-state index < -0.39 is 64.3 Å². The summed E-state index contributed by atoms with van der Waals surface area (Å²) >= 11 is 0. The summed E-state index contributed by atoms with van der Waals surface area (Å²) in [7, 11) is 0. The largest absolute Gasteiger partial charge is 0.458 e. The minimum absolute atomic E-state index is 0.189. The highest BCUT2D eigenvalue weighted by Crippen LogP contribution is 2.77. The summed E-state index contributed by atoms with van der Waals surface area (Å²) in [6.07, 6.45) is -1.78. The molecular formula is C15H18O7. The van der Waals surface area contributed by atoms with Gasteiger partial charge in [-0.2, -0.15) is 0 Å². The van der Waals surface area contributed by atoms with Gasteiger partial charge < -0.3 is 24.4 Å². The Labute approximate surface area is 126 Å². The van der Waals surface area contributed by atoms with Gasteiger partial charge in [0.05, 0.1) is 22.5 Å². The van der Waals surface area contributed by atoms with Gasteiger partial charge in [-0.15, -0.1) is 0 Å². The Morgan fingerprint density at radius 3 is 2.59 bits per heavy atom. The van der Waals surface area contributed by atoms with Crippen molar-refractivity contribution in [3.8, 4) is 0 Å². The first-order valence-corrected chi connectivity index (χ1v) is 7.63. The number of hydrogen-bond acceptors (Lipinski definition) is 7. The third-order valence-electron chi connectivity index (χ3n) is 6.85. The van der Waals surface area contributed by atoms with E-state index in [1.54, 1.807) is 20.8 Å². The van der Waals surface area contributed by atoms with Crippen LogP contribution in [0.2, 0.25) is 0 Å². The number of hydrogen-bond donors (Lipinski definition) is 2. The number of aliphatic hydroxyl groups is 2. The van der Waals surface area contributed by atoms with E-state index in [9.17, 15) is 19.8 Å². The van der Waals surface area contributed by atoms with Crippen molar-refractivity contribution in [2.45, 2.75) is 62.3 Å². The van der Waals surface area contributed by atoms with Gasteiger partial charge in [-0.25, -0.2) is 4.79 Å². The van der Waals surface area contributed by atoms with Crippen LogP contribution >= 0.6 is 0 Å². The predicted molar refractivity (Wildman–Crippen MR) is 68.3 cm³/mol. The summed E-state index contributed by atoms with van der Waals surface area (Å²) in [5.41, 5.74) is -4.89. The smallest absolute Gasteiger partial charge is 0.342 e. The highest BCUT2D eigenvalue weighted by atomic mass is 16.7. The fourth-order valence-corrected chi connectivity index (χ4v) is 5.83. The van der Waals surface area contributed by atoms with Crippen molar-refractivity contribution in [1.29, 1.82) is 0 Å². The molecule has 0 aromatic rings. The van der Waals surface area contributed by atoms with Crippen molar-refractivity contribution in [2.75, 3.05) is 0 Å². The van der Waals surface area contributed by atoms with E-state index in [2.05, 4.69) is 0 Å². The van der Waals surface area contributed by atoms with Crippen molar-refractivity contribution >= 4 is 11.9 Å². The van der Waals surface area contributed by atoms with Crippen LogP contribution in [0.25, 0.3) is 0 Å². The van der Waals surface area contributed by atoms with Gasteiger partial charge in [0.1, 0.15) is 12.2 Å². The molecule has 1 spiro atoms. The number of fused-ring (bicyclic) bond motifs is 4. The Bertz CT molecular complexity index is 638. The second-order valence-corrected chi connectivity index (χ2v) is 8.06. The molecule has 2 aliphatic carbocycles. The molecule has 2 bridgehead atoms. The highest BCUT2D eigenvalue weighted by molar-refractivity contribution is 5.91. The molecule has 1 unspecified atom stereocenters. The van der Waals surface area contributed by atoms with Crippen LogP contribution in [0.15, 0.2) is 0 Å². The number of esters is 2. The quantitative estimate of drug-likeness (QED) is 0.479. The van der Waals surface area contributed by atoms with Crippen LogP contribution < -0.4 is 0 Å². The molecule has 2 saturated carbocycles. The van der Waals surface area contributed by atoms with Gasteiger partial charge in [-0.3, -0.25) is 4.79 Å². The van der Waals surface area contributed by atoms with Crippen LogP contribution in [0.4, 0.5) is 0 Å². The first-order valence-electron chi connectivity index (χ1n) is 7.63. The number of carbonyl (C=O) groups excluding carboxylic acids is 2. The van der Waals surface area contributed by atoms with Crippen LogP contribution in [0, 0.1) is 17.3 Å². The van der Waals surface area contributed by atoms with Crippen LogP contribution in [-0.4, -0.2) is 57.3 Å². The molecule has 8 atom stereocenters. The maximum Gasteiger partial charge on any atom is 0.342 e. The Hall–Kier alpha value is -1.18. The molecule has 0 radical (unpaired) electrons. The Morgan fingerprint density at radius 1 is 1.27 bits per heavy atom. The van der Waals surface area contributed by atoms with Gasteiger partial charge >= 0.3 is 11.9 Å². The molecule has 3 saturated heterocycles. The van der Waals surface area contributed by atoms with Crippen LogP contribution in [-0.2, 0) is 23.8 Å². The van der Waals surface area contributed by atoms with E-state index in [1.807, 2.05) is 0 Å². The zero-order valence-electron chi connectivity index (χ0n) is 12.5. The lowest BCUT2D eigenvalue weighted by Gasteiger charge is -2.53. The van der Waals surface area contributed by atoms with Crippen LogP contribution in [0.3, 0.4) is 0 Å². The van der Waals surface area contributed by atoms with Crippen molar-refractivity contribution in [3.05, 3.63) is 0 Å². The zero-order chi connectivity index (χ0) is 15.9. The second-order valence-electron chi connectivity index (χ2n) is 8.06. The molecule has 5 aliphatic rings. The second kappa shape index (κ2) is 3.07. The Kier molecular flexibility index (Phi) is 1.85. The minimum atomic E-state index is -1.47. The summed E-state index contributed by atoms with van der Waals surface area (Å²) in [4.78, 5) is 24.8. The van der Waals surface area contributed by atoms with Gasteiger partial charge in [0.15, 0.2) is 6.10 Å². The Balaban J connectivity index is 1.76. The topological polar surface area (TPSA) is 106 Å². The minimum Gasteiger partial charge on any atom is -0.458 e. The molecule has 0 aromatic carbocycles. The van der Waals surface area contributed by atoms with Crippen LogP contribution in [0.5, 0.6) is 0 Å².